The predicted octanol–water partition coefficient (Wildman–Crippen LogP) is 3.07. The Hall–Kier alpha value is -1.26. The van der Waals surface area contributed by atoms with Crippen molar-refractivity contribution in [1.29, 1.82) is 0 Å². The van der Waals surface area contributed by atoms with Gasteiger partial charge in [-0.3, -0.25) is 0 Å². The molecule has 1 N–H and O–H groups in total. The Kier molecular flexibility index (Phi) is 4.36. The molecule has 2 atom stereocenters. The molecule has 0 amide bonds. The first-order valence-electron chi connectivity index (χ1n) is 8.04. The number of fused-ring (bicyclic) bond motifs is 1. The summed E-state index contributed by atoms with van der Waals surface area (Å²) in [6.45, 7) is 7.53. The molecule has 0 saturated carbocycles. The average molecular weight is 291 g/mol. The van der Waals surface area contributed by atoms with Crippen LogP contribution in [0.15, 0.2) is 18.2 Å². The number of hydrogen-bond donors (Lipinski definition) is 1. The fourth-order valence-electron chi connectivity index (χ4n) is 3.23. The van der Waals surface area contributed by atoms with E-state index in [4.69, 9.17) is 14.2 Å². The lowest BCUT2D eigenvalue weighted by Gasteiger charge is -2.39. The third-order valence-corrected chi connectivity index (χ3v) is 4.26. The average Bonchev–Trinajstić information content (AvgIpc) is 2.92. The summed E-state index contributed by atoms with van der Waals surface area (Å²) in [4.78, 5) is 0. The molecular formula is C17H25NO3. The van der Waals surface area contributed by atoms with Crippen molar-refractivity contribution in [3.8, 4) is 11.5 Å². The zero-order valence-electron chi connectivity index (χ0n) is 13.0. The maximum atomic E-state index is 6.36. The van der Waals surface area contributed by atoms with Crippen molar-refractivity contribution in [2.24, 2.45) is 0 Å². The molecule has 1 spiro atoms. The van der Waals surface area contributed by atoms with Crippen LogP contribution < -0.4 is 14.8 Å². The minimum Gasteiger partial charge on any atom is -0.493 e. The largest absolute Gasteiger partial charge is 0.493 e. The summed E-state index contributed by atoms with van der Waals surface area (Å²) < 4.78 is 18.1. The van der Waals surface area contributed by atoms with E-state index in [0.717, 1.165) is 62.6 Å². The van der Waals surface area contributed by atoms with Gasteiger partial charge in [0.1, 0.15) is 17.1 Å². The Morgan fingerprint density at radius 1 is 1.38 bits per heavy atom. The lowest BCUT2D eigenvalue weighted by Crippen LogP contribution is -2.43. The monoisotopic (exact) mass is 291 g/mol. The highest BCUT2D eigenvalue weighted by Crippen LogP contribution is 2.45. The van der Waals surface area contributed by atoms with Crippen LogP contribution in [0.2, 0.25) is 0 Å². The highest BCUT2D eigenvalue weighted by atomic mass is 16.5. The third-order valence-electron chi connectivity index (χ3n) is 4.26. The van der Waals surface area contributed by atoms with Crippen LogP contribution in [-0.2, 0) is 4.74 Å². The topological polar surface area (TPSA) is 39.7 Å². The van der Waals surface area contributed by atoms with Crippen molar-refractivity contribution < 1.29 is 14.2 Å². The molecule has 0 bridgehead atoms. The molecule has 2 aliphatic heterocycles. The molecule has 2 unspecified atom stereocenters. The summed E-state index contributed by atoms with van der Waals surface area (Å²) >= 11 is 0. The summed E-state index contributed by atoms with van der Waals surface area (Å²) in [6, 6.07) is 6.14. The quantitative estimate of drug-likeness (QED) is 0.905. The Bertz CT molecular complexity index is 483. The van der Waals surface area contributed by atoms with Crippen molar-refractivity contribution in [2.75, 3.05) is 26.3 Å². The van der Waals surface area contributed by atoms with Gasteiger partial charge in [0.25, 0.3) is 0 Å². The van der Waals surface area contributed by atoms with Gasteiger partial charge >= 0.3 is 0 Å². The van der Waals surface area contributed by atoms with Crippen LogP contribution >= 0.6 is 0 Å². The molecule has 2 aliphatic rings. The second kappa shape index (κ2) is 6.24. The Morgan fingerprint density at radius 3 is 3.00 bits per heavy atom. The Balaban J connectivity index is 1.88. The van der Waals surface area contributed by atoms with E-state index in [0.29, 0.717) is 0 Å². The van der Waals surface area contributed by atoms with Gasteiger partial charge in [-0.15, -0.1) is 0 Å². The highest BCUT2D eigenvalue weighted by Gasteiger charge is 2.43. The smallest absolute Gasteiger partial charge is 0.129 e. The molecule has 0 radical (unpaired) electrons. The summed E-state index contributed by atoms with van der Waals surface area (Å²) in [6.07, 6.45) is 3.10. The van der Waals surface area contributed by atoms with Gasteiger partial charge in [-0.25, -0.2) is 0 Å². The first kappa shape index (κ1) is 14.7. The molecule has 21 heavy (non-hydrogen) atoms. The molecule has 1 aromatic rings. The summed E-state index contributed by atoms with van der Waals surface area (Å²) in [5.41, 5.74) is 1.04. The SMILES string of the molecule is CCCOc1ccc2c(c1)OC1(CCNC1)CC2OCC. The lowest BCUT2D eigenvalue weighted by atomic mass is 9.88. The molecule has 1 aromatic carbocycles. The van der Waals surface area contributed by atoms with Gasteiger partial charge in [0.15, 0.2) is 0 Å². The fraction of sp³-hybridized carbons (Fsp3) is 0.647. The van der Waals surface area contributed by atoms with Crippen molar-refractivity contribution in [3.05, 3.63) is 23.8 Å². The maximum Gasteiger partial charge on any atom is 0.129 e. The zero-order valence-corrected chi connectivity index (χ0v) is 13.0. The van der Waals surface area contributed by atoms with E-state index in [9.17, 15) is 0 Å². The van der Waals surface area contributed by atoms with E-state index in [-0.39, 0.29) is 11.7 Å². The first-order valence-corrected chi connectivity index (χ1v) is 8.04. The minimum atomic E-state index is -0.115. The number of hydrogen-bond acceptors (Lipinski definition) is 4. The van der Waals surface area contributed by atoms with Gasteiger partial charge in [0.05, 0.1) is 12.7 Å². The second-order valence-electron chi connectivity index (χ2n) is 5.91. The van der Waals surface area contributed by atoms with Crippen molar-refractivity contribution >= 4 is 0 Å². The third kappa shape index (κ3) is 3.01. The highest BCUT2D eigenvalue weighted by molar-refractivity contribution is 5.44. The minimum absolute atomic E-state index is 0.115. The molecule has 1 fully saturated rings. The molecular weight excluding hydrogens is 266 g/mol. The molecule has 0 aromatic heterocycles. The van der Waals surface area contributed by atoms with Crippen LogP contribution in [0, 0.1) is 0 Å². The van der Waals surface area contributed by atoms with Crippen LogP contribution in [0.25, 0.3) is 0 Å². The molecule has 4 heteroatoms. The van der Waals surface area contributed by atoms with Gasteiger partial charge in [-0.2, -0.15) is 0 Å². The van der Waals surface area contributed by atoms with Crippen LogP contribution in [0.1, 0.15) is 44.8 Å². The number of ether oxygens (including phenoxy) is 3. The Labute approximate surface area is 126 Å². The number of benzene rings is 1. The predicted molar refractivity (Wildman–Crippen MR) is 82.1 cm³/mol. The van der Waals surface area contributed by atoms with Gasteiger partial charge in [0, 0.05) is 37.6 Å². The number of rotatable bonds is 5. The summed E-state index contributed by atoms with van der Waals surface area (Å²) in [5, 5.41) is 3.41. The van der Waals surface area contributed by atoms with Gasteiger partial charge in [-0.05, 0) is 32.0 Å². The molecule has 1 saturated heterocycles. The van der Waals surface area contributed by atoms with Crippen molar-refractivity contribution in [2.45, 2.75) is 44.8 Å². The van der Waals surface area contributed by atoms with E-state index in [2.05, 4.69) is 18.3 Å². The maximum absolute atomic E-state index is 6.36. The number of nitrogens with one attached hydrogen (secondary N) is 1. The molecule has 4 nitrogen and oxygen atoms in total. The van der Waals surface area contributed by atoms with Crippen LogP contribution in [-0.4, -0.2) is 31.9 Å². The Morgan fingerprint density at radius 2 is 2.29 bits per heavy atom. The van der Waals surface area contributed by atoms with E-state index in [1.54, 1.807) is 0 Å². The van der Waals surface area contributed by atoms with Crippen molar-refractivity contribution in [1.82, 2.24) is 5.32 Å². The molecule has 3 rings (SSSR count). The molecule has 2 heterocycles. The van der Waals surface area contributed by atoms with E-state index in [1.807, 2.05) is 19.1 Å². The van der Waals surface area contributed by atoms with E-state index < -0.39 is 0 Å². The van der Waals surface area contributed by atoms with Gasteiger partial charge < -0.3 is 19.5 Å². The fourth-order valence-corrected chi connectivity index (χ4v) is 3.23. The van der Waals surface area contributed by atoms with E-state index in [1.165, 1.54) is 0 Å². The molecule has 116 valence electrons. The van der Waals surface area contributed by atoms with Crippen LogP contribution in [0.5, 0.6) is 11.5 Å². The van der Waals surface area contributed by atoms with Crippen LogP contribution in [0.3, 0.4) is 0 Å². The molecule has 0 aliphatic carbocycles. The first-order chi connectivity index (χ1) is 10.3. The summed E-state index contributed by atoms with van der Waals surface area (Å²) in [7, 11) is 0. The standard InChI is InChI=1S/C17H25NO3/c1-3-9-20-13-5-6-14-15(10-13)21-17(7-8-18-12-17)11-16(14)19-4-2/h5-6,10,16,18H,3-4,7-9,11-12H2,1-2H3. The second-order valence-corrected chi connectivity index (χ2v) is 5.91. The summed E-state index contributed by atoms with van der Waals surface area (Å²) in [5.74, 6) is 1.81. The van der Waals surface area contributed by atoms with E-state index >= 15 is 0 Å². The van der Waals surface area contributed by atoms with Gasteiger partial charge in [0.2, 0.25) is 0 Å². The van der Waals surface area contributed by atoms with Crippen molar-refractivity contribution in [3.63, 3.8) is 0 Å². The van der Waals surface area contributed by atoms with Crippen LogP contribution in [0.4, 0.5) is 0 Å². The lowest BCUT2D eigenvalue weighted by molar-refractivity contribution is -0.0355. The zero-order chi connectivity index (χ0) is 14.7. The normalized spacial score (nSPS) is 27.4. The van der Waals surface area contributed by atoms with Gasteiger partial charge in [-0.1, -0.05) is 6.92 Å².